The Morgan fingerprint density at radius 3 is 2.47 bits per heavy atom. The number of amides is 1. The Balaban J connectivity index is 2.19. The Morgan fingerprint density at radius 1 is 1.37 bits per heavy atom. The molecule has 1 rings (SSSR count). The second-order valence-corrected chi connectivity index (χ2v) is 7.02. The van der Waals surface area contributed by atoms with Crippen LogP contribution >= 0.6 is 0 Å². The van der Waals surface area contributed by atoms with Crippen LogP contribution in [0.1, 0.15) is 19.8 Å². The maximum Gasteiger partial charge on any atom is 0.307 e. The van der Waals surface area contributed by atoms with E-state index in [-0.39, 0.29) is 11.7 Å². The molecule has 2 N–H and O–H groups in total. The highest BCUT2D eigenvalue weighted by Crippen LogP contribution is 2.38. The number of carbonyl (C=O) groups excluding carboxylic acids is 1. The molecular formula is C11H20N2O5S. The molecule has 0 saturated heterocycles. The monoisotopic (exact) mass is 292 g/mol. The van der Waals surface area contributed by atoms with E-state index in [4.69, 9.17) is 5.11 Å². The van der Waals surface area contributed by atoms with Gasteiger partial charge in [-0.25, -0.2) is 12.7 Å². The predicted octanol–water partition coefficient (Wildman–Crippen LogP) is -0.505. The van der Waals surface area contributed by atoms with E-state index in [1.807, 2.05) is 0 Å². The minimum atomic E-state index is -3.18. The van der Waals surface area contributed by atoms with E-state index < -0.39 is 27.8 Å². The van der Waals surface area contributed by atoms with Crippen LogP contribution in [0.25, 0.3) is 0 Å². The minimum absolute atomic E-state index is 0.0538. The van der Waals surface area contributed by atoms with Crippen molar-refractivity contribution in [2.75, 3.05) is 25.9 Å². The van der Waals surface area contributed by atoms with Crippen LogP contribution in [0, 0.1) is 11.8 Å². The number of carbonyl (C=O) groups is 2. The van der Waals surface area contributed by atoms with Gasteiger partial charge in [0.2, 0.25) is 15.9 Å². The zero-order valence-corrected chi connectivity index (χ0v) is 11.9. The van der Waals surface area contributed by atoms with Gasteiger partial charge in [0.1, 0.15) is 0 Å². The van der Waals surface area contributed by atoms with Crippen molar-refractivity contribution in [2.24, 2.45) is 11.8 Å². The van der Waals surface area contributed by atoms with Crippen LogP contribution in [0.15, 0.2) is 0 Å². The lowest BCUT2D eigenvalue weighted by Gasteiger charge is -2.15. The summed E-state index contributed by atoms with van der Waals surface area (Å²) in [6, 6.07) is 0. The molecule has 0 bridgehead atoms. The third-order valence-electron chi connectivity index (χ3n) is 3.23. The van der Waals surface area contributed by atoms with Gasteiger partial charge in [0.15, 0.2) is 0 Å². The van der Waals surface area contributed by atoms with Crippen LogP contribution in [-0.2, 0) is 19.6 Å². The Bertz CT molecular complexity index is 448. The number of rotatable bonds is 8. The Labute approximate surface area is 113 Å². The number of hydrogen-bond donors (Lipinski definition) is 2. The molecule has 0 radical (unpaired) electrons. The molecule has 8 heteroatoms. The summed E-state index contributed by atoms with van der Waals surface area (Å²) in [5, 5.41) is 11.3. The fourth-order valence-corrected chi connectivity index (χ4v) is 2.61. The van der Waals surface area contributed by atoms with Crippen molar-refractivity contribution in [1.82, 2.24) is 9.62 Å². The first-order valence-corrected chi connectivity index (χ1v) is 7.85. The Hall–Kier alpha value is -1.15. The molecule has 7 nitrogen and oxygen atoms in total. The molecule has 0 aromatic heterocycles. The second-order valence-electron chi connectivity index (χ2n) is 4.65. The quantitative estimate of drug-likeness (QED) is 0.587. The van der Waals surface area contributed by atoms with Gasteiger partial charge in [0.05, 0.1) is 17.6 Å². The van der Waals surface area contributed by atoms with Gasteiger partial charge in [-0.15, -0.1) is 0 Å². The molecule has 1 saturated carbocycles. The highest BCUT2D eigenvalue weighted by atomic mass is 32.2. The lowest BCUT2D eigenvalue weighted by molar-refractivity contribution is -0.140. The van der Waals surface area contributed by atoms with Gasteiger partial charge in [0.25, 0.3) is 0 Å². The van der Waals surface area contributed by atoms with Crippen LogP contribution in [0.5, 0.6) is 0 Å². The van der Waals surface area contributed by atoms with E-state index in [2.05, 4.69) is 5.32 Å². The van der Waals surface area contributed by atoms with Gasteiger partial charge >= 0.3 is 5.97 Å². The number of aliphatic carboxylic acids is 1. The summed E-state index contributed by atoms with van der Waals surface area (Å²) in [5.41, 5.74) is 0. The third kappa shape index (κ3) is 4.46. The van der Waals surface area contributed by atoms with Gasteiger partial charge in [-0.1, -0.05) is 0 Å². The average Bonchev–Trinajstić information content (AvgIpc) is 3.14. The number of carboxylic acids is 1. The lowest BCUT2D eigenvalue weighted by Crippen LogP contribution is -2.33. The molecule has 0 aliphatic heterocycles. The van der Waals surface area contributed by atoms with E-state index in [0.29, 0.717) is 25.9 Å². The molecular weight excluding hydrogens is 272 g/mol. The van der Waals surface area contributed by atoms with E-state index in [1.165, 1.54) is 11.4 Å². The molecule has 110 valence electrons. The SMILES string of the molecule is CCS(=O)(=O)N(C)CCCNC(=O)C1CC1C(=O)O. The summed E-state index contributed by atoms with van der Waals surface area (Å²) in [6.07, 6.45) is 0.900. The van der Waals surface area contributed by atoms with Crippen LogP contribution < -0.4 is 5.32 Å². The zero-order valence-electron chi connectivity index (χ0n) is 11.1. The van der Waals surface area contributed by atoms with Crippen molar-refractivity contribution in [3.8, 4) is 0 Å². The first kappa shape index (κ1) is 15.9. The average molecular weight is 292 g/mol. The summed E-state index contributed by atoms with van der Waals surface area (Å²) >= 11 is 0. The second kappa shape index (κ2) is 6.33. The van der Waals surface area contributed by atoms with E-state index in [1.54, 1.807) is 6.92 Å². The van der Waals surface area contributed by atoms with Crippen molar-refractivity contribution < 1.29 is 23.1 Å². The molecule has 19 heavy (non-hydrogen) atoms. The summed E-state index contributed by atoms with van der Waals surface area (Å²) in [6.45, 7) is 2.27. The lowest BCUT2D eigenvalue weighted by atomic mass is 10.3. The molecule has 2 unspecified atom stereocenters. The predicted molar refractivity (Wildman–Crippen MR) is 69.0 cm³/mol. The van der Waals surface area contributed by atoms with Crippen molar-refractivity contribution in [3.05, 3.63) is 0 Å². The van der Waals surface area contributed by atoms with Gasteiger partial charge in [-0.3, -0.25) is 9.59 Å². The fourth-order valence-electron chi connectivity index (χ4n) is 1.76. The van der Waals surface area contributed by atoms with Crippen molar-refractivity contribution in [2.45, 2.75) is 19.8 Å². The standard InChI is InChI=1S/C11H20N2O5S/c1-3-19(17,18)13(2)6-4-5-12-10(14)8-7-9(8)11(15)16/h8-9H,3-7H2,1-2H3,(H,12,14)(H,15,16). The molecule has 0 heterocycles. The van der Waals surface area contributed by atoms with E-state index in [0.717, 1.165) is 0 Å². The van der Waals surface area contributed by atoms with Crippen molar-refractivity contribution >= 4 is 21.9 Å². The Morgan fingerprint density at radius 2 is 2.00 bits per heavy atom. The molecule has 1 aliphatic carbocycles. The topological polar surface area (TPSA) is 104 Å². The van der Waals surface area contributed by atoms with Gasteiger partial charge < -0.3 is 10.4 Å². The summed E-state index contributed by atoms with van der Waals surface area (Å²) in [4.78, 5) is 22.1. The minimum Gasteiger partial charge on any atom is -0.481 e. The normalized spacial score (nSPS) is 22.3. The highest BCUT2D eigenvalue weighted by Gasteiger charge is 2.48. The molecule has 1 aliphatic rings. The van der Waals surface area contributed by atoms with Crippen molar-refractivity contribution in [3.63, 3.8) is 0 Å². The van der Waals surface area contributed by atoms with Gasteiger partial charge in [-0.05, 0) is 19.8 Å². The molecule has 0 aromatic carbocycles. The fraction of sp³-hybridized carbons (Fsp3) is 0.818. The first-order valence-electron chi connectivity index (χ1n) is 6.24. The molecule has 1 fully saturated rings. The molecule has 2 atom stereocenters. The van der Waals surface area contributed by atoms with Crippen LogP contribution in [0.2, 0.25) is 0 Å². The third-order valence-corrected chi connectivity index (χ3v) is 5.10. The summed E-state index contributed by atoms with van der Waals surface area (Å²) in [7, 11) is -1.68. The van der Waals surface area contributed by atoms with E-state index in [9.17, 15) is 18.0 Å². The molecule has 0 spiro atoms. The van der Waals surface area contributed by atoms with Gasteiger partial charge in [-0.2, -0.15) is 0 Å². The number of sulfonamides is 1. The maximum atomic E-state index is 11.5. The number of nitrogens with zero attached hydrogens (tertiary/aromatic N) is 1. The number of nitrogens with one attached hydrogen (secondary N) is 1. The molecule has 0 aromatic rings. The zero-order chi connectivity index (χ0) is 14.6. The summed E-state index contributed by atoms with van der Waals surface area (Å²) < 4.78 is 24.1. The Kier molecular flexibility index (Phi) is 5.30. The van der Waals surface area contributed by atoms with Crippen LogP contribution in [0.3, 0.4) is 0 Å². The van der Waals surface area contributed by atoms with Gasteiger partial charge in [0, 0.05) is 20.1 Å². The highest BCUT2D eigenvalue weighted by molar-refractivity contribution is 7.89. The van der Waals surface area contributed by atoms with Crippen molar-refractivity contribution in [1.29, 1.82) is 0 Å². The molecule has 1 amide bonds. The van der Waals surface area contributed by atoms with E-state index >= 15 is 0 Å². The number of hydrogen-bond acceptors (Lipinski definition) is 4. The number of carboxylic acid groups (broad SMARTS) is 1. The van der Waals surface area contributed by atoms with Crippen LogP contribution in [-0.4, -0.2) is 55.6 Å². The maximum absolute atomic E-state index is 11.5. The smallest absolute Gasteiger partial charge is 0.307 e. The first-order chi connectivity index (χ1) is 8.79. The van der Waals surface area contributed by atoms with Crippen LogP contribution in [0.4, 0.5) is 0 Å². The summed E-state index contributed by atoms with van der Waals surface area (Å²) in [5.74, 6) is -2.11. The largest absolute Gasteiger partial charge is 0.481 e.